The predicted octanol–water partition coefficient (Wildman–Crippen LogP) is 2.37. The summed E-state index contributed by atoms with van der Waals surface area (Å²) < 4.78 is 0. The highest BCUT2D eigenvalue weighted by Gasteiger charge is 2.42. The van der Waals surface area contributed by atoms with Crippen molar-refractivity contribution in [3.63, 3.8) is 0 Å². The molecule has 2 heteroatoms. The fourth-order valence-corrected chi connectivity index (χ4v) is 3.47. The van der Waals surface area contributed by atoms with Crippen molar-refractivity contribution in [2.45, 2.75) is 64.1 Å². The summed E-state index contributed by atoms with van der Waals surface area (Å²) in [7, 11) is 0. The molecule has 1 heterocycles. The van der Waals surface area contributed by atoms with Gasteiger partial charge < -0.3 is 5.11 Å². The standard InChI is InChI=1S/C12H23NO/c1-3-13-11-7-5-4-6-10(11)8-9-12(13,2)14/h10-11,14H,3-9H2,1-2H3. The lowest BCUT2D eigenvalue weighted by atomic mass is 9.75. The van der Waals surface area contributed by atoms with Crippen molar-refractivity contribution in [3.8, 4) is 0 Å². The zero-order valence-electron chi connectivity index (χ0n) is 9.50. The molecule has 2 fully saturated rings. The molecule has 14 heavy (non-hydrogen) atoms. The minimum Gasteiger partial charge on any atom is -0.376 e. The highest BCUT2D eigenvalue weighted by Crippen LogP contribution is 2.40. The first-order valence-corrected chi connectivity index (χ1v) is 6.14. The molecule has 2 aliphatic rings. The van der Waals surface area contributed by atoms with Crippen LogP contribution in [-0.2, 0) is 0 Å². The van der Waals surface area contributed by atoms with E-state index in [2.05, 4.69) is 11.8 Å². The first kappa shape index (κ1) is 10.4. The third kappa shape index (κ3) is 1.70. The monoisotopic (exact) mass is 197 g/mol. The van der Waals surface area contributed by atoms with E-state index in [1.807, 2.05) is 6.92 Å². The van der Waals surface area contributed by atoms with Gasteiger partial charge in [0, 0.05) is 6.04 Å². The fraction of sp³-hybridized carbons (Fsp3) is 1.00. The Balaban J connectivity index is 2.13. The Kier molecular flexibility index (Phi) is 2.85. The van der Waals surface area contributed by atoms with E-state index in [9.17, 15) is 5.11 Å². The van der Waals surface area contributed by atoms with Gasteiger partial charge >= 0.3 is 0 Å². The molecule has 0 amide bonds. The van der Waals surface area contributed by atoms with Gasteiger partial charge in [-0.05, 0) is 45.1 Å². The molecule has 1 saturated carbocycles. The summed E-state index contributed by atoms with van der Waals surface area (Å²) in [5, 5.41) is 10.3. The number of rotatable bonds is 1. The quantitative estimate of drug-likeness (QED) is 0.697. The van der Waals surface area contributed by atoms with Gasteiger partial charge in [0.1, 0.15) is 5.72 Å². The molecular weight excluding hydrogens is 174 g/mol. The summed E-state index contributed by atoms with van der Waals surface area (Å²) in [6.45, 7) is 5.15. The van der Waals surface area contributed by atoms with Crippen molar-refractivity contribution in [3.05, 3.63) is 0 Å². The molecule has 1 aliphatic heterocycles. The van der Waals surface area contributed by atoms with Gasteiger partial charge in [0.05, 0.1) is 0 Å². The molecule has 0 spiro atoms. The summed E-state index contributed by atoms with van der Waals surface area (Å²) in [6.07, 6.45) is 7.64. The van der Waals surface area contributed by atoms with E-state index in [4.69, 9.17) is 0 Å². The van der Waals surface area contributed by atoms with Crippen LogP contribution in [0.1, 0.15) is 52.4 Å². The summed E-state index contributed by atoms with van der Waals surface area (Å²) >= 11 is 0. The number of likely N-dealkylation sites (tertiary alicyclic amines) is 1. The van der Waals surface area contributed by atoms with Crippen LogP contribution in [0.4, 0.5) is 0 Å². The third-order valence-electron chi connectivity index (χ3n) is 4.22. The van der Waals surface area contributed by atoms with Gasteiger partial charge in [0.2, 0.25) is 0 Å². The number of hydrogen-bond acceptors (Lipinski definition) is 2. The van der Waals surface area contributed by atoms with E-state index in [0.29, 0.717) is 6.04 Å². The molecule has 3 unspecified atom stereocenters. The molecule has 0 radical (unpaired) electrons. The normalized spacial score (nSPS) is 44.8. The highest BCUT2D eigenvalue weighted by atomic mass is 16.3. The second-order valence-electron chi connectivity index (χ2n) is 5.15. The average molecular weight is 197 g/mol. The molecular formula is C12H23NO. The maximum Gasteiger partial charge on any atom is 0.115 e. The molecule has 2 rings (SSSR count). The van der Waals surface area contributed by atoms with Crippen molar-refractivity contribution in [2.75, 3.05) is 6.54 Å². The fourth-order valence-electron chi connectivity index (χ4n) is 3.47. The molecule has 2 nitrogen and oxygen atoms in total. The molecule has 1 saturated heterocycles. The van der Waals surface area contributed by atoms with Crippen LogP contribution in [0.5, 0.6) is 0 Å². The van der Waals surface area contributed by atoms with E-state index in [1.54, 1.807) is 0 Å². The SMILES string of the molecule is CCN1C2CCCCC2CCC1(C)O. The van der Waals surface area contributed by atoms with E-state index in [-0.39, 0.29) is 0 Å². The van der Waals surface area contributed by atoms with Crippen LogP contribution < -0.4 is 0 Å². The lowest BCUT2D eigenvalue weighted by Crippen LogP contribution is -2.58. The molecule has 1 N–H and O–H groups in total. The van der Waals surface area contributed by atoms with E-state index in [0.717, 1.165) is 18.9 Å². The summed E-state index contributed by atoms with van der Waals surface area (Å²) in [4.78, 5) is 2.33. The summed E-state index contributed by atoms with van der Waals surface area (Å²) in [5.74, 6) is 0.865. The maximum atomic E-state index is 10.3. The lowest BCUT2D eigenvalue weighted by molar-refractivity contribution is -0.162. The molecule has 1 aliphatic carbocycles. The largest absolute Gasteiger partial charge is 0.376 e. The van der Waals surface area contributed by atoms with Crippen molar-refractivity contribution >= 4 is 0 Å². The zero-order valence-corrected chi connectivity index (χ0v) is 9.50. The van der Waals surface area contributed by atoms with Crippen LogP contribution in [0, 0.1) is 5.92 Å². The molecule has 3 atom stereocenters. The topological polar surface area (TPSA) is 23.5 Å². The number of nitrogens with zero attached hydrogens (tertiary/aromatic N) is 1. The lowest BCUT2D eigenvalue weighted by Gasteiger charge is -2.51. The van der Waals surface area contributed by atoms with Gasteiger partial charge in [0.25, 0.3) is 0 Å². The van der Waals surface area contributed by atoms with Crippen LogP contribution in [0.3, 0.4) is 0 Å². The van der Waals surface area contributed by atoms with E-state index >= 15 is 0 Å². The van der Waals surface area contributed by atoms with Gasteiger partial charge in [-0.1, -0.05) is 19.8 Å². The van der Waals surface area contributed by atoms with Gasteiger partial charge in [-0.25, -0.2) is 0 Å². The third-order valence-corrected chi connectivity index (χ3v) is 4.22. The van der Waals surface area contributed by atoms with Gasteiger partial charge in [-0.15, -0.1) is 0 Å². The molecule has 0 aromatic heterocycles. The Morgan fingerprint density at radius 3 is 2.71 bits per heavy atom. The maximum absolute atomic E-state index is 10.3. The smallest absolute Gasteiger partial charge is 0.115 e. The summed E-state index contributed by atoms with van der Waals surface area (Å²) in [6, 6.07) is 0.664. The Labute approximate surface area is 87.3 Å². The minimum absolute atomic E-state index is 0.534. The van der Waals surface area contributed by atoms with Crippen molar-refractivity contribution < 1.29 is 5.11 Å². The van der Waals surface area contributed by atoms with Crippen LogP contribution in [0.2, 0.25) is 0 Å². The molecule has 0 bridgehead atoms. The van der Waals surface area contributed by atoms with Crippen molar-refractivity contribution in [2.24, 2.45) is 5.92 Å². The highest BCUT2D eigenvalue weighted by molar-refractivity contribution is 4.93. The Morgan fingerprint density at radius 1 is 1.29 bits per heavy atom. The molecule has 82 valence electrons. The van der Waals surface area contributed by atoms with E-state index in [1.165, 1.54) is 32.1 Å². The van der Waals surface area contributed by atoms with E-state index < -0.39 is 5.72 Å². The molecule has 0 aromatic carbocycles. The van der Waals surface area contributed by atoms with Crippen molar-refractivity contribution in [1.29, 1.82) is 0 Å². The van der Waals surface area contributed by atoms with Crippen LogP contribution in [0.25, 0.3) is 0 Å². The number of fused-ring (bicyclic) bond motifs is 1. The Bertz CT molecular complexity index is 202. The predicted molar refractivity (Wildman–Crippen MR) is 58.0 cm³/mol. The minimum atomic E-state index is -0.534. The number of aliphatic hydroxyl groups is 1. The Morgan fingerprint density at radius 2 is 2.00 bits per heavy atom. The Hall–Kier alpha value is -0.0800. The van der Waals surface area contributed by atoms with Crippen LogP contribution >= 0.6 is 0 Å². The van der Waals surface area contributed by atoms with Crippen LogP contribution in [-0.4, -0.2) is 28.3 Å². The summed E-state index contributed by atoms with van der Waals surface area (Å²) in [5.41, 5.74) is -0.534. The van der Waals surface area contributed by atoms with Crippen molar-refractivity contribution in [1.82, 2.24) is 4.90 Å². The van der Waals surface area contributed by atoms with Crippen LogP contribution in [0.15, 0.2) is 0 Å². The second kappa shape index (κ2) is 3.82. The number of hydrogen-bond donors (Lipinski definition) is 1. The zero-order chi connectivity index (χ0) is 10.2. The van der Waals surface area contributed by atoms with Gasteiger partial charge in [0.15, 0.2) is 0 Å². The second-order valence-corrected chi connectivity index (χ2v) is 5.15. The molecule has 0 aromatic rings. The first-order valence-electron chi connectivity index (χ1n) is 6.14. The average Bonchev–Trinajstić information content (AvgIpc) is 2.17. The number of piperidine rings is 1. The van der Waals surface area contributed by atoms with Gasteiger partial charge in [-0.3, -0.25) is 4.90 Å². The first-order chi connectivity index (χ1) is 6.65. The van der Waals surface area contributed by atoms with Gasteiger partial charge in [-0.2, -0.15) is 0 Å².